The van der Waals surface area contributed by atoms with Crippen LogP contribution in [0.1, 0.15) is 60.0 Å². The summed E-state index contributed by atoms with van der Waals surface area (Å²) in [5.41, 5.74) is 3.00. The van der Waals surface area contributed by atoms with Crippen LogP contribution in [0.4, 0.5) is 4.79 Å². The van der Waals surface area contributed by atoms with Gasteiger partial charge in [0.05, 0.1) is 58.2 Å². The SMILES string of the molecule is COc1cc([C@@H]2c3cc4c(cc3[C@@H](n3cc(COC(=O)CCCC[C@@H]5SC[C@@H]6NC(=O)N[C@@H]65)nn3)[C@H]3COC(=O)[C@H]23)OCO4)cc(OC)c1OC. The molecule has 0 spiro atoms. The molecule has 5 heterocycles. The Kier molecular flexibility index (Phi) is 8.94. The molecule has 15 nitrogen and oxygen atoms in total. The van der Waals surface area contributed by atoms with E-state index >= 15 is 0 Å². The number of esters is 2. The first-order valence-corrected chi connectivity index (χ1v) is 18.1. The number of urea groups is 1. The molecule has 7 atom stereocenters. The van der Waals surface area contributed by atoms with Gasteiger partial charge in [0.25, 0.3) is 0 Å². The summed E-state index contributed by atoms with van der Waals surface area (Å²) in [6.45, 7) is 0.232. The molecule has 16 heteroatoms. The van der Waals surface area contributed by atoms with E-state index in [1.54, 1.807) is 32.2 Å². The lowest BCUT2D eigenvalue weighted by molar-refractivity contribution is -0.145. The minimum atomic E-state index is -0.578. The minimum absolute atomic E-state index is 0.0307. The largest absolute Gasteiger partial charge is 0.493 e. The zero-order chi connectivity index (χ0) is 35.2. The highest BCUT2D eigenvalue weighted by molar-refractivity contribution is 8.00. The van der Waals surface area contributed by atoms with Crippen LogP contribution in [0.25, 0.3) is 0 Å². The number of nitrogens with one attached hydrogen (secondary N) is 2. The van der Waals surface area contributed by atoms with Gasteiger partial charge in [-0.25, -0.2) is 9.48 Å². The summed E-state index contributed by atoms with van der Waals surface area (Å²) in [7, 11) is 4.65. The molecule has 3 aromatic rings. The predicted octanol–water partition coefficient (Wildman–Crippen LogP) is 3.33. The van der Waals surface area contributed by atoms with Crippen molar-refractivity contribution in [3.05, 3.63) is 52.8 Å². The van der Waals surface area contributed by atoms with E-state index in [0.29, 0.717) is 52.5 Å². The maximum atomic E-state index is 13.6. The molecule has 0 radical (unpaired) electrons. The number of fused-ring (bicyclic) bond motifs is 4. The number of thioether (sulfide) groups is 1. The highest BCUT2D eigenvalue weighted by Crippen LogP contribution is 2.56. The van der Waals surface area contributed by atoms with Gasteiger partial charge >= 0.3 is 18.0 Å². The number of nitrogens with zero attached hydrogens (tertiary/aromatic N) is 3. The molecular formula is C35H39N5O10S. The average Bonchev–Trinajstić information content (AvgIpc) is 3.98. The fraction of sp³-hybridized carbons (Fsp3) is 0.514. The van der Waals surface area contributed by atoms with Crippen LogP contribution in [0, 0.1) is 11.8 Å². The number of carbonyl (C=O) groups excluding carboxylic acids is 3. The number of hydrogen-bond donors (Lipinski definition) is 2. The highest BCUT2D eigenvalue weighted by atomic mass is 32.2. The summed E-state index contributed by atoms with van der Waals surface area (Å²) in [5, 5.41) is 15.1. The number of benzene rings is 2. The molecule has 0 unspecified atom stereocenters. The van der Waals surface area contributed by atoms with Crippen LogP contribution in [0.15, 0.2) is 30.5 Å². The summed E-state index contributed by atoms with van der Waals surface area (Å²) in [4.78, 5) is 37.9. The summed E-state index contributed by atoms with van der Waals surface area (Å²) < 4.78 is 41.5. The third kappa shape index (κ3) is 6.02. The van der Waals surface area contributed by atoms with Gasteiger partial charge in [-0.05, 0) is 53.8 Å². The number of methoxy groups -OCH3 is 3. The predicted molar refractivity (Wildman–Crippen MR) is 180 cm³/mol. The smallest absolute Gasteiger partial charge is 0.315 e. The van der Waals surface area contributed by atoms with Crippen molar-refractivity contribution in [2.24, 2.45) is 11.8 Å². The topological polar surface area (TPSA) is 171 Å². The summed E-state index contributed by atoms with van der Waals surface area (Å²) in [5.74, 6) is 1.51. The molecule has 1 aromatic heterocycles. The number of hydrogen-bond acceptors (Lipinski definition) is 13. The number of amides is 2. The van der Waals surface area contributed by atoms with Crippen LogP contribution in [0.5, 0.6) is 28.7 Å². The number of cyclic esters (lactones) is 1. The van der Waals surface area contributed by atoms with Gasteiger partial charge in [0.2, 0.25) is 12.5 Å². The van der Waals surface area contributed by atoms with E-state index in [4.69, 9.17) is 33.2 Å². The van der Waals surface area contributed by atoms with E-state index < -0.39 is 17.9 Å². The Balaban J connectivity index is 1.00. The first-order chi connectivity index (χ1) is 24.9. The fourth-order valence-corrected chi connectivity index (χ4v) is 9.70. The number of unbranched alkanes of at least 4 members (excludes halogenated alkanes) is 1. The van der Waals surface area contributed by atoms with Gasteiger partial charge in [-0.15, -0.1) is 5.10 Å². The molecule has 5 aliphatic rings. The van der Waals surface area contributed by atoms with Crippen molar-refractivity contribution < 1.29 is 47.5 Å². The standard InChI is InChI=1S/C35H39N5O10S/c1-44-25-8-17(9-26(45-2)33(25)46-3)29-19-10-23-24(50-16-49-23)11-20(19)32(21-14-48-34(42)30(21)29)40-12-18(38-39-40)13-47-28(41)7-5-4-6-27-31-22(15-51-27)36-35(43)37-31/h8-12,21-22,27,29-32H,4-7,13-16H2,1-3H3,(H2,36,37,43)/t21-,22-,27-,29+,30-,31-,32+/m0/s1. The van der Waals surface area contributed by atoms with Crippen molar-refractivity contribution in [1.29, 1.82) is 0 Å². The van der Waals surface area contributed by atoms with Crippen LogP contribution in [0.3, 0.4) is 0 Å². The van der Waals surface area contributed by atoms with Crippen molar-refractivity contribution in [3.63, 3.8) is 0 Å². The molecule has 0 saturated carbocycles. The molecular weight excluding hydrogens is 682 g/mol. The van der Waals surface area contributed by atoms with E-state index in [1.807, 2.05) is 36.0 Å². The molecule has 270 valence electrons. The second kappa shape index (κ2) is 13.7. The molecule has 2 N–H and O–H groups in total. The Morgan fingerprint density at radius 3 is 2.49 bits per heavy atom. The lowest BCUT2D eigenvalue weighted by Crippen LogP contribution is -2.37. The zero-order valence-electron chi connectivity index (χ0n) is 28.4. The van der Waals surface area contributed by atoms with Crippen LogP contribution in [-0.4, -0.2) is 90.8 Å². The molecule has 8 rings (SSSR count). The van der Waals surface area contributed by atoms with Gasteiger partial charge in [0, 0.05) is 29.3 Å². The van der Waals surface area contributed by atoms with Crippen molar-refractivity contribution in [2.75, 3.05) is 40.5 Å². The van der Waals surface area contributed by atoms with Gasteiger partial charge in [-0.2, -0.15) is 11.8 Å². The first-order valence-electron chi connectivity index (χ1n) is 17.0. The Labute approximate surface area is 297 Å². The van der Waals surface area contributed by atoms with E-state index in [-0.39, 0.29) is 56.0 Å². The molecule has 4 aliphatic heterocycles. The van der Waals surface area contributed by atoms with Crippen molar-refractivity contribution in [2.45, 2.75) is 61.6 Å². The number of aromatic nitrogens is 3. The zero-order valence-corrected chi connectivity index (χ0v) is 29.2. The van der Waals surface area contributed by atoms with E-state index in [2.05, 4.69) is 20.9 Å². The van der Waals surface area contributed by atoms with Gasteiger partial charge in [-0.1, -0.05) is 11.6 Å². The number of carbonyl (C=O) groups is 3. The third-order valence-electron chi connectivity index (χ3n) is 10.5. The van der Waals surface area contributed by atoms with Gasteiger partial charge in [0.15, 0.2) is 23.0 Å². The monoisotopic (exact) mass is 721 g/mol. The van der Waals surface area contributed by atoms with E-state index in [1.165, 1.54) is 0 Å². The van der Waals surface area contributed by atoms with E-state index in [9.17, 15) is 14.4 Å². The second-order valence-electron chi connectivity index (χ2n) is 13.3. The van der Waals surface area contributed by atoms with Gasteiger partial charge in [0.1, 0.15) is 12.3 Å². The second-order valence-corrected chi connectivity index (χ2v) is 14.5. The van der Waals surface area contributed by atoms with E-state index in [0.717, 1.165) is 35.3 Å². The normalized spacial score (nSPS) is 26.8. The maximum Gasteiger partial charge on any atom is 0.315 e. The maximum absolute atomic E-state index is 13.6. The molecule has 2 aromatic carbocycles. The Hall–Kier alpha value is -4.86. The third-order valence-corrected chi connectivity index (χ3v) is 12.0. The Morgan fingerprint density at radius 1 is 0.980 bits per heavy atom. The Bertz CT molecular complexity index is 1830. The molecule has 3 fully saturated rings. The summed E-state index contributed by atoms with van der Waals surface area (Å²) in [6.07, 6.45) is 4.53. The molecule has 1 aliphatic carbocycles. The average molecular weight is 722 g/mol. The first kappa shape index (κ1) is 33.3. The highest BCUT2D eigenvalue weighted by Gasteiger charge is 2.53. The number of rotatable bonds is 12. The van der Waals surface area contributed by atoms with Crippen molar-refractivity contribution in [3.8, 4) is 28.7 Å². The summed E-state index contributed by atoms with van der Waals surface area (Å²) >= 11 is 1.86. The van der Waals surface area contributed by atoms with Crippen LogP contribution in [0.2, 0.25) is 0 Å². The van der Waals surface area contributed by atoms with Gasteiger partial charge in [-0.3, -0.25) is 9.59 Å². The molecule has 3 saturated heterocycles. The quantitative estimate of drug-likeness (QED) is 0.159. The minimum Gasteiger partial charge on any atom is -0.493 e. The molecule has 0 bridgehead atoms. The van der Waals surface area contributed by atoms with Crippen molar-refractivity contribution in [1.82, 2.24) is 25.6 Å². The fourth-order valence-electron chi connectivity index (χ4n) is 8.15. The Morgan fingerprint density at radius 2 is 1.75 bits per heavy atom. The number of ether oxygens (including phenoxy) is 7. The van der Waals surface area contributed by atoms with Crippen LogP contribution < -0.4 is 34.3 Å². The van der Waals surface area contributed by atoms with Gasteiger partial charge < -0.3 is 43.8 Å². The van der Waals surface area contributed by atoms with Crippen molar-refractivity contribution >= 4 is 29.7 Å². The molecule has 2 amide bonds. The lowest BCUT2D eigenvalue weighted by Gasteiger charge is -2.39. The summed E-state index contributed by atoms with van der Waals surface area (Å²) in [6, 6.07) is 7.39. The van der Waals surface area contributed by atoms with Crippen LogP contribution in [-0.2, 0) is 25.7 Å². The van der Waals surface area contributed by atoms with Crippen LogP contribution >= 0.6 is 11.8 Å². The molecule has 51 heavy (non-hydrogen) atoms. The lowest BCUT2D eigenvalue weighted by atomic mass is 9.65.